The van der Waals surface area contributed by atoms with E-state index in [2.05, 4.69) is 10.3 Å². The average molecular weight is 724 g/mol. The molecule has 49 heavy (non-hydrogen) atoms. The van der Waals surface area contributed by atoms with E-state index in [4.69, 9.17) is 9.47 Å². The summed E-state index contributed by atoms with van der Waals surface area (Å²) in [6.07, 6.45) is -0.987. The molecule has 1 aromatic heterocycles. The van der Waals surface area contributed by atoms with Crippen molar-refractivity contribution in [2.75, 3.05) is 18.6 Å². The first-order valence-electron chi connectivity index (χ1n) is 15.1. The first kappa shape index (κ1) is 37.7. The number of nitrogens with zero attached hydrogens (tertiary/aromatic N) is 4. The van der Waals surface area contributed by atoms with Crippen LogP contribution in [0.4, 0.5) is 38.7 Å². The summed E-state index contributed by atoms with van der Waals surface area (Å²) < 4.78 is 107. The number of methoxy groups -OCH3 is 1. The minimum absolute atomic E-state index is 0.0576. The number of hydrogen-bond donors (Lipinski definition) is 1. The van der Waals surface area contributed by atoms with E-state index in [1.807, 2.05) is 6.07 Å². The molecule has 2 fully saturated rings. The predicted octanol–water partition coefficient (Wildman–Crippen LogP) is 7.40. The summed E-state index contributed by atoms with van der Waals surface area (Å²) in [6.45, 7) is 4.56. The quantitative estimate of drug-likeness (QED) is 0.282. The van der Waals surface area contributed by atoms with Crippen molar-refractivity contribution in [3.05, 3.63) is 53.9 Å². The van der Waals surface area contributed by atoms with E-state index in [0.717, 1.165) is 11.1 Å². The molecule has 0 radical (unpaired) electrons. The lowest BCUT2D eigenvalue weighted by Crippen LogP contribution is -2.54. The highest BCUT2D eigenvalue weighted by atomic mass is 32.5. The summed E-state index contributed by atoms with van der Waals surface area (Å²) in [5, 5.41) is 12.5. The number of carbonyl (C=O) groups excluding carboxylic acids is 3. The summed E-state index contributed by atoms with van der Waals surface area (Å²) >= 11 is 0. The highest BCUT2D eigenvalue weighted by Gasteiger charge is 2.65. The molecule has 0 spiro atoms. The summed E-state index contributed by atoms with van der Waals surface area (Å²) in [5.74, 6) is -5.04. The Morgan fingerprint density at radius 1 is 1.08 bits per heavy atom. The highest BCUT2D eigenvalue weighted by molar-refractivity contribution is 8.45. The number of amides is 3. The highest BCUT2D eigenvalue weighted by Crippen LogP contribution is 3.02. The molecule has 3 atom stereocenters. The van der Waals surface area contributed by atoms with E-state index in [1.54, 1.807) is 20.8 Å². The maximum atomic E-state index is 14.7. The smallest absolute Gasteiger partial charge is 0.411 e. The van der Waals surface area contributed by atoms with Crippen LogP contribution in [0.2, 0.25) is 0 Å². The van der Waals surface area contributed by atoms with Crippen LogP contribution in [0.25, 0.3) is 0 Å². The lowest BCUT2D eigenvalue weighted by molar-refractivity contribution is -0.129. The predicted molar refractivity (Wildman–Crippen MR) is 165 cm³/mol. The second-order valence-corrected chi connectivity index (χ2v) is 15.4. The van der Waals surface area contributed by atoms with Crippen LogP contribution in [0, 0.1) is 11.3 Å². The number of nitriles is 1. The van der Waals surface area contributed by atoms with Crippen molar-refractivity contribution >= 4 is 33.8 Å². The standard InChI is InChI=1S/C31H36F7N5O5S/c1-30(2,3)48-29(46)42-18-22(47-4)15-25(42)28(45)43(21-5-7-23(8-6-21)49(34,35,36,37)38)26(24-17-40-14-11-19(24)16-39)27(44)41-20-9-12-31(32,33)13-10-20/h5-8,11,14,17,20,22,25-26H,9-10,12-13,15,18H2,1-4H3,(H,41,44)/t22-,25-,26?/m1/s1. The van der Waals surface area contributed by atoms with E-state index in [0.29, 0.717) is 17.0 Å². The molecule has 1 saturated heterocycles. The summed E-state index contributed by atoms with van der Waals surface area (Å²) in [5.41, 5.74) is -1.90. The fourth-order valence-corrected chi connectivity index (χ4v) is 6.39. The molecule has 1 aromatic carbocycles. The molecule has 1 aliphatic carbocycles. The molecule has 4 rings (SSSR count). The molecule has 2 aromatic rings. The fourth-order valence-electron chi connectivity index (χ4n) is 5.74. The van der Waals surface area contributed by atoms with Gasteiger partial charge in [0.25, 0.3) is 5.91 Å². The van der Waals surface area contributed by atoms with E-state index in [9.17, 15) is 47.9 Å². The number of anilines is 1. The third-order valence-electron chi connectivity index (χ3n) is 8.14. The van der Waals surface area contributed by atoms with Gasteiger partial charge in [-0.05, 0) is 63.9 Å². The number of likely N-dealkylation sites (tertiary alicyclic amines) is 1. The van der Waals surface area contributed by atoms with Crippen LogP contribution in [0.5, 0.6) is 0 Å². The number of carbonyl (C=O) groups is 3. The van der Waals surface area contributed by atoms with Crippen molar-refractivity contribution in [2.45, 2.75) is 93.5 Å². The molecule has 270 valence electrons. The third-order valence-corrected chi connectivity index (χ3v) is 9.31. The molecule has 1 N–H and O–H groups in total. The molecular weight excluding hydrogens is 687 g/mol. The van der Waals surface area contributed by atoms with Gasteiger partial charge in [-0.2, -0.15) is 5.26 Å². The zero-order valence-electron chi connectivity index (χ0n) is 27.0. The summed E-state index contributed by atoms with van der Waals surface area (Å²) in [7, 11) is -8.87. The van der Waals surface area contributed by atoms with Gasteiger partial charge in [-0.25, -0.2) is 13.6 Å². The Labute approximate surface area is 278 Å². The number of alkyl halides is 2. The number of pyridine rings is 1. The van der Waals surface area contributed by atoms with Gasteiger partial charge in [0.15, 0.2) is 0 Å². The van der Waals surface area contributed by atoms with Crippen LogP contribution in [0.15, 0.2) is 47.6 Å². The van der Waals surface area contributed by atoms with Crippen molar-refractivity contribution in [3.8, 4) is 6.07 Å². The van der Waals surface area contributed by atoms with Crippen molar-refractivity contribution < 1.29 is 52.1 Å². The molecule has 18 heteroatoms. The molecule has 1 unspecified atom stereocenters. The SMILES string of the molecule is CO[C@@H]1C[C@H](C(=O)N(c2ccc(S(F)(F)(F)(F)F)cc2)C(C(=O)NC2CCC(F)(F)CC2)c2cnccc2C#N)N(C(=O)OC(C)(C)C)C1. The lowest BCUT2D eigenvalue weighted by Gasteiger charge is -2.41. The lowest BCUT2D eigenvalue weighted by atomic mass is 9.91. The molecule has 3 amide bonds. The van der Waals surface area contributed by atoms with Gasteiger partial charge in [0.1, 0.15) is 22.6 Å². The summed E-state index contributed by atoms with van der Waals surface area (Å²) in [4.78, 5) is 45.5. The molecule has 0 bridgehead atoms. The van der Waals surface area contributed by atoms with Gasteiger partial charge < -0.3 is 14.8 Å². The van der Waals surface area contributed by atoms with Crippen LogP contribution in [0.1, 0.15) is 70.0 Å². The van der Waals surface area contributed by atoms with Crippen LogP contribution >= 0.6 is 10.2 Å². The van der Waals surface area contributed by atoms with Crippen LogP contribution < -0.4 is 10.2 Å². The Bertz CT molecular complexity index is 1620. The van der Waals surface area contributed by atoms with E-state index in [-0.39, 0.29) is 49.1 Å². The second kappa shape index (κ2) is 12.7. The van der Waals surface area contributed by atoms with E-state index < -0.39 is 87.3 Å². The van der Waals surface area contributed by atoms with Crippen molar-refractivity contribution in [1.82, 2.24) is 15.2 Å². The Hall–Kier alpha value is -4.11. The fraction of sp³-hybridized carbons (Fsp3) is 0.516. The number of benzene rings is 1. The van der Waals surface area contributed by atoms with Gasteiger partial charge in [0, 0.05) is 56.1 Å². The first-order valence-corrected chi connectivity index (χ1v) is 17.1. The Kier molecular flexibility index (Phi) is 9.73. The monoisotopic (exact) mass is 723 g/mol. The number of hydrogen-bond acceptors (Lipinski definition) is 7. The molecule has 1 saturated carbocycles. The zero-order valence-corrected chi connectivity index (χ0v) is 27.8. The van der Waals surface area contributed by atoms with Crippen molar-refractivity contribution in [1.29, 1.82) is 5.26 Å². The molecule has 10 nitrogen and oxygen atoms in total. The van der Waals surface area contributed by atoms with Crippen molar-refractivity contribution in [3.63, 3.8) is 0 Å². The average Bonchev–Trinajstić information content (AvgIpc) is 3.44. The first-order chi connectivity index (χ1) is 22.4. The molecule has 2 heterocycles. The Morgan fingerprint density at radius 3 is 2.22 bits per heavy atom. The van der Waals surface area contributed by atoms with Crippen LogP contribution in [-0.2, 0) is 19.1 Å². The van der Waals surface area contributed by atoms with Gasteiger partial charge in [-0.1, -0.05) is 19.4 Å². The minimum Gasteiger partial charge on any atom is -0.444 e. The normalized spacial score (nSPS) is 21.9. The van der Waals surface area contributed by atoms with Crippen molar-refractivity contribution in [2.24, 2.45) is 0 Å². The van der Waals surface area contributed by atoms with E-state index in [1.165, 1.54) is 19.4 Å². The molecule has 1 aliphatic heterocycles. The minimum atomic E-state index is -10.2. The van der Waals surface area contributed by atoms with Gasteiger partial charge in [-0.3, -0.25) is 24.4 Å². The second-order valence-electron chi connectivity index (χ2n) is 13.0. The zero-order chi connectivity index (χ0) is 36.6. The number of nitrogens with one attached hydrogen (secondary N) is 1. The number of halogens is 7. The van der Waals surface area contributed by atoms with Gasteiger partial charge in [0.2, 0.25) is 11.8 Å². The summed E-state index contributed by atoms with van der Waals surface area (Å²) in [6, 6.07) is 0.149. The largest absolute Gasteiger partial charge is 0.444 e. The Balaban J connectivity index is 1.89. The van der Waals surface area contributed by atoms with Gasteiger partial charge in [0.05, 0.1) is 24.3 Å². The van der Waals surface area contributed by atoms with E-state index >= 15 is 0 Å². The Morgan fingerprint density at radius 2 is 1.69 bits per heavy atom. The van der Waals surface area contributed by atoms with Crippen LogP contribution in [-0.4, -0.2) is 71.2 Å². The molecule has 2 aliphatic rings. The number of aromatic nitrogens is 1. The maximum absolute atomic E-state index is 14.7. The molecular formula is C31H36F7N5O5S. The van der Waals surface area contributed by atoms with Gasteiger partial charge in [-0.15, -0.1) is 0 Å². The third kappa shape index (κ3) is 9.12. The maximum Gasteiger partial charge on any atom is 0.411 e. The number of ether oxygens (including phenoxy) is 2. The topological polar surface area (TPSA) is 125 Å². The van der Waals surface area contributed by atoms with Gasteiger partial charge >= 0.3 is 16.3 Å². The number of rotatable bonds is 8. The van der Waals surface area contributed by atoms with Crippen LogP contribution in [0.3, 0.4) is 0 Å².